The molecule has 4 nitrogen and oxygen atoms in total. The molecule has 3 N–H and O–H groups in total. The third kappa shape index (κ3) is 2.87. The summed E-state index contributed by atoms with van der Waals surface area (Å²) in [5, 5.41) is 28.9. The highest BCUT2D eigenvalue weighted by Crippen LogP contribution is 2.47. The number of fused-ring (bicyclic) bond motifs is 1. The SMILES string of the molecule is Oc1ccc([C@@H]2c3ccc(O)cc3OC[C@H]2c2ccc(O)cc2)cc1. The number of ether oxygens (including phenoxy) is 1. The van der Waals surface area contributed by atoms with Crippen LogP contribution in [0.5, 0.6) is 23.0 Å². The predicted molar refractivity (Wildman–Crippen MR) is 94.4 cm³/mol. The molecule has 1 heterocycles. The zero-order valence-corrected chi connectivity index (χ0v) is 13.5. The van der Waals surface area contributed by atoms with Gasteiger partial charge in [-0.3, -0.25) is 0 Å². The zero-order valence-electron chi connectivity index (χ0n) is 13.5. The van der Waals surface area contributed by atoms with Crippen LogP contribution in [0.15, 0.2) is 66.7 Å². The fourth-order valence-corrected chi connectivity index (χ4v) is 3.50. The van der Waals surface area contributed by atoms with Gasteiger partial charge in [-0.05, 0) is 41.5 Å². The van der Waals surface area contributed by atoms with Gasteiger partial charge in [0.2, 0.25) is 0 Å². The molecule has 2 atom stereocenters. The van der Waals surface area contributed by atoms with E-state index in [1.54, 1.807) is 36.4 Å². The molecule has 126 valence electrons. The lowest BCUT2D eigenvalue weighted by atomic mass is 9.76. The lowest BCUT2D eigenvalue weighted by Gasteiger charge is -2.34. The van der Waals surface area contributed by atoms with Gasteiger partial charge >= 0.3 is 0 Å². The lowest BCUT2D eigenvalue weighted by Crippen LogP contribution is -2.25. The van der Waals surface area contributed by atoms with Gasteiger partial charge in [0.15, 0.2) is 0 Å². The number of hydrogen-bond acceptors (Lipinski definition) is 4. The summed E-state index contributed by atoms with van der Waals surface area (Å²) in [5.74, 6) is 1.38. The van der Waals surface area contributed by atoms with E-state index >= 15 is 0 Å². The van der Waals surface area contributed by atoms with Crippen LogP contribution in [0.4, 0.5) is 0 Å². The van der Waals surface area contributed by atoms with Crippen molar-refractivity contribution in [3.05, 3.63) is 83.4 Å². The second-order valence-corrected chi connectivity index (χ2v) is 6.30. The molecule has 0 aliphatic carbocycles. The van der Waals surface area contributed by atoms with E-state index in [-0.39, 0.29) is 29.1 Å². The Balaban J connectivity index is 1.84. The number of benzene rings is 3. The normalized spacial score (nSPS) is 19.0. The van der Waals surface area contributed by atoms with E-state index in [9.17, 15) is 15.3 Å². The monoisotopic (exact) mass is 334 g/mol. The summed E-state index contributed by atoms with van der Waals surface area (Å²) in [6, 6.07) is 19.5. The summed E-state index contributed by atoms with van der Waals surface area (Å²) in [5.41, 5.74) is 3.12. The average molecular weight is 334 g/mol. The van der Waals surface area contributed by atoms with E-state index in [1.165, 1.54) is 0 Å². The molecule has 0 saturated heterocycles. The maximum atomic E-state index is 9.75. The van der Waals surface area contributed by atoms with Crippen molar-refractivity contribution in [2.45, 2.75) is 11.8 Å². The highest BCUT2D eigenvalue weighted by Gasteiger charge is 2.33. The lowest BCUT2D eigenvalue weighted by molar-refractivity contribution is 0.247. The number of hydrogen-bond donors (Lipinski definition) is 3. The third-order valence-corrected chi connectivity index (χ3v) is 4.73. The predicted octanol–water partition coefficient (Wildman–Crippen LogP) is 4.11. The molecule has 0 aromatic heterocycles. The van der Waals surface area contributed by atoms with E-state index in [4.69, 9.17) is 4.74 Å². The summed E-state index contributed by atoms with van der Waals surface area (Å²) in [7, 11) is 0. The Bertz CT molecular complexity index is 885. The molecule has 3 aromatic rings. The molecule has 0 radical (unpaired) electrons. The van der Waals surface area contributed by atoms with Crippen molar-refractivity contribution in [2.24, 2.45) is 0 Å². The molecule has 25 heavy (non-hydrogen) atoms. The zero-order chi connectivity index (χ0) is 17.4. The van der Waals surface area contributed by atoms with Gasteiger partial charge in [0.05, 0.1) is 6.61 Å². The Morgan fingerprint density at radius 3 is 1.88 bits per heavy atom. The van der Waals surface area contributed by atoms with Crippen LogP contribution < -0.4 is 4.74 Å². The van der Waals surface area contributed by atoms with Gasteiger partial charge in [-0.15, -0.1) is 0 Å². The van der Waals surface area contributed by atoms with E-state index in [1.807, 2.05) is 30.3 Å². The van der Waals surface area contributed by atoms with Crippen LogP contribution in [0.1, 0.15) is 28.5 Å². The molecule has 1 aliphatic rings. The van der Waals surface area contributed by atoms with Crippen molar-refractivity contribution in [2.75, 3.05) is 6.61 Å². The quantitative estimate of drug-likeness (QED) is 0.659. The van der Waals surface area contributed by atoms with Crippen LogP contribution in [0, 0.1) is 0 Å². The van der Waals surface area contributed by atoms with E-state index in [2.05, 4.69) is 0 Å². The molecule has 3 aromatic carbocycles. The van der Waals surface area contributed by atoms with Gasteiger partial charge < -0.3 is 20.1 Å². The van der Waals surface area contributed by atoms with Crippen molar-refractivity contribution in [1.29, 1.82) is 0 Å². The van der Waals surface area contributed by atoms with Crippen molar-refractivity contribution in [3.63, 3.8) is 0 Å². The molecular weight excluding hydrogens is 316 g/mol. The molecule has 0 unspecified atom stereocenters. The van der Waals surface area contributed by atoms with Crippen LogP contribution in [-0.2, 0) is 0 Å². The Kier molecular flexibility index (Phi) is 3.73. The van der Waals surface area contributed by atoms with Crippen molar-refractivity contribution < 1.29 is 20.1 Å². The summed E-state index contributed by atoms with van der Waals surface area (Å²) in [4.78, 5) is 0. The summed E-state index contributed by atoms with van der Waals surface area (Å²) >= 11 is 0. The van der Waals surface area contributed by atoms with Crippen LogP contribution in [0.25, 0.3) is 0 Å². The summed E-state index contributed by atoms with van der Waals surface area (Å²) in [6.45, 7) is 0.465. The first kappa shape index (κ1) is 15.4. The van der Waals surface area contributed by atoms with Gasteiger partial charge in [-0.2, -0.15) is 0 Å². The molecule has 4 rings (SSSR count). The van der Waals surface area contributed by atoms with Crippen LogP contribution >= 0.6 is 0 Å². The molecule has 4 heteroatoms. The highest BCUT2D eigenvalue weighted by molar-refractivity contribution is 5.51. The molecule has 0 bridgehead atoms. The number of aromatic hydroxyl groups is 3. The Hall–Kier alpha value is -3.14. The van der Waals surface area contributed by atoms with Crippen LogP contribution in [-0.4, -0.2) is 21.9 Å². The average Bonchev–Trinajstić information content (AvgIpc) is 2.62. The molecule has 0 amide bonds. The van der Waals surface area contributed by atoms with Crippen LogP contribution in [0.2, 0.25) is 0 Å². The first-order valence-electron chi connectivity index (χ1n) is 8.15. The molecule has 1 aliphatic heterocycles. The summed E-state index contributed by atoms with van der Waals surface area (Å²) < 4.78 is 5.91. The minimum atomic E-state index is 0.0227. The van der Waals surface area contributed by atoms with Gasteiger partial charge in [0.25, 0.3) is 0 Å². The first-order valence-corrected chi connectivity index (χ1v) is 8.15. The molecule has 0 saturated carbocycles. The molecular formula is C21H18O4. The van der Waals surface area contributed by atoms with Gasteiger partial charge in [-0.1, -0.05) is 30.3 Å². The van der Waals surface area contributed by atoms with Crippen molar-refractivity contribution in [3.8, 4) is 23.0 Å². The number of rotatable bonds is 2. The van der Waals surface area contributed by atoms with Crippen LogP contribution in [0.3, 0.4) is 0 Å². The fourth-order valence-electron chi connectivity index (χ4n) is 3.50. The van der Waals surface area contributed by atoms with Gasteiger partial charge in [0, 0.05) is 23.5 Å². The fraction of sp³-hybridized carbons (Fsp3) is 0.143. The first-order chi connectivity index (χ1) is 12.1. The van der Waals surface area contributed by atoms with Gasteiger partial charge in [0.1, 0.15) is 23.0 Å². The second-order valence-electron chi connectivity index (χ2n) is 6.30. The smallest absolute Gasteiger partial charge is 0.126 e. The highest BCUT2D eigenvalue weighted by atomic mass is 16.5. The molecule has 0 fully saturated rings. The van der Waals surface area contributed by atoms with E-state index in [0.29, 0.717) is 12.4 Å². The molecule has 0 spiro atoms. The number of phenols is 3. The largest absolute Gasteiger partial charge is 0.508 e. The minimum Gasteiger partial charge on any atom is -0.508 e. The standard InChI is InChI=1S/C21H18O4/c22-15-5-1-13(2-6-15)19-12-25-20-11-17(24)9-10-18(20)21(19)14-3-7-16(23)8-4-14/h1-11,19,21-24H,12H2/t19-,21+/m0/s1. The maximum Gasteiger partial charge on any atom is 0.126 e. The van der Waals surface area contributed by atoms with Gasteiger partial charge in [-0.25, -0.2) is 0 Å². The summed E-state index contributed by atoms with van der Waals surface area (Å²) in [6.07, 6.45) is 0. The van der Waals surface area contributed by atoms with Crippen molar-refractivity contribution in [1.82, 2.24) is 0 Å². The maximum absolute atomic E-state index is 9.75. The second kappa shape index (κ2) is 6.06. The Morgan fingerprint density at radius 2 is 1.24 bits per heavy atom. The topological polar surface area (TPSA) is 69.9 Å². The van der Waals surface area contributed by atoms with E-state index in [0.717, 1.165) is 16.7 Å². The third-order valence-electron chi connectivity index (χ3n) is 4.73. The van der Waals surface area contributed by atoms with Crippen molar-refractivity contribution >= 4 is 0 Å². The Morgan fingerprint density at radius 1 is 0.680 bits per heavy atom. The minimum absolute atomic E-state index is 0.0227. The Labute approximate surface area is 145 Å². The van der Waals surface area contributed by atoms with E-state index < -0.39 is 0 Å². The number of phenolic OH excluding ortho intramolecular Hbond substituents is 3.